The Morgan fingerprint density at radius 2 is 1.88 bits per heavy atom. The van der Waals surface area contributed by atoms with Crippen LogP contribution in [0.5, 0.6) is 5.75 Å². The fraction of sp³-hybridized carbons (Fsp3) is 0.310. The monoisotopic (exact) mass is 602 g/mol. The quantitative estimate of drug-likeness (QED) is 0.225. The Morgan fingerprint density at radius 1 is 1.15 bits per heavy atom. The second-order valence-corrected chi connectivity index (χ2v) is 11.2. The molecule has 5 atom stereocenters. The van der Waals surface area contributed by atoms with Gasteiger partial charge in [-0.05, 0) is 60.9 Å². The van der Waals surface area contributed by atoms with E-state index < -0.39 is 47.3 Å². The normalized spacial score (nSPS) is 25.5. The number of esters is 1. The number of anilines is 2. The van der Waals surface area contributed by atoms with Gasteiger partial charge in [-0.25, -0.2) is 9.18 Å². The van der Waals surface area contributed by atoms with Gasteiger partial charge in [0.05, 0.1) is 31.3 Å². The first-order valence-electron chi connectivity index (χ1n) is 12.8. The molecule has 0 aliphatic carbocycles. The lowest BCUT2D eigenvalue weighted by atomic mass is 9.78. The van der Waals surface area contributed by atoms with Crippen molar-refractivity contribution >= 4 is 46.5 Å². The minimum absolute atomic E-state index is 0.102. The highest BCUT2D eigenvalue weighted by atomic mass is 35.5. The van der Waals surface area contributed by atoms with Crippen molar-refractivity contribution in [1.82, 2.24) is 10.4 Å². The topological polar surface area (TPSA) is 126 Å². The predicted octanol–water partition coefficient (Wildman–Crippen LogP) is 5.17. The smallest absolute Gasteiger partial charge is 0.341 e. The summed E-state index contributed by atoms with van der Waals surface area (Å²) in [4.78, 5) is 26.1. The molecular weight excluding hydrogens is 574 g/mol. The molecule has 3 aromatic rings. The van der Waals surface area contributed by atoms with Crippen LogP contribution < -0.4 is 21.1 Å². The number of halogens is 3. The Kier molecular flexibility index (Phi) is 7.88. The number of ether oxygens (including phenoxy) is 2. The van der Waals surface area contributed by atoms with E-state index in [1.807, 2.05) is 0 Å². The Hall–Kier alpha value is -3.41. The van der Waals surface area contributed by atoms with E-state index >= 15 is 4.39 Å². The van der Waals surface area contributed by atoms with Gasteiger partial charge in [-0.3, -0.25) is 10.1 Å². The molecule has 1 unspecified atom stereocenters. The van der Waals surface area contributed by atoms with E-state index in [-0.39, 0.29) is 27.6 Å². The molecule has 3 aromatic carbocycles. The van der Waals surface area contributed by atoms with Crippen molar-refractivity contribution in [3.63, 3.8) is 0 Å². The zero-order chi connectivity index (χ0) is 29.6. The van der Waals surface area contributed by atoms with Gasteiger partial charge in [-0.2, -0.15) is 5.06 Å². The highest BCUT2D eigenvalue weighted by Crippen LogP contribution is 2.52. The van der Waals surface area contributed by atoms with Crippen LogP contribution in [-0.2, 0) is 9.53 Å². The van der Waals surface area contributed by atoms with Crippen molar-refractivity contribution < 1.29 is 28.7 Å². The van der Waals surface area contributed by atoms with E-state index in [0.717, 1.165) is 5.06 Å². The van der Waals surface area contributed by atoms with Crippen LogP contribution in [0.4, 0.5) is 15.8 Å². The average molecular weight is 603 g/mol. The largest absolute Gasteiger partial charge is 0.496 e. The highest BCUT2D eigenvalue weighted by Gasteiger charge is 2.62. The third-order valence-electron chi connectivity index (χ3n) is 8.00. The van der Waals surface area contributed by atoms with Crippen LogP contribution in [-0.4, -0.2) is 54.0 Å². The lowest BCUT2D eigenvalue weighted by Crippen LogP contribution is -2.54. The summed E-state index contributed by atoms with van der Waals surface area (Å²) in [6.07, 6.45) is 0.310. The Balaban J connectivity index is 1.55. The van der Waals surface area contributed by atoms with Crippen molar-refractivity contribution in [1.29, 1.82) is 0 Å². The Morgan fingerprint density at radius 3 is 2.56 bits per heavy atom. The molecule has 0 saturated carbocycles. The SMILES string of the molecule is COC(=O)c1cc(N)c(C2C[C@@H]3N[C@@](C)(C(=O)Nc4cccc(Cl)c4)[C@@H](c4cccc(Cl)c4F)[C@@H]3N2O)cc1OC. The first-order chi connectivity index (χ1) is 19.5. The Bertz CT molecular complexity index is 1520. The molecule has 2 aliphatic heterocycles. The average Bonchev–Trinajstić information content (AvgIpc) is 3.41. The number of hydrogen-bond donors (Lipinski definition) is 4. The first-order valence-corrected chi connectivity index (χ1v) is 13.6. The standard InChI is InChI=1S/C29H29Cl2FN4O5/c1-29(28(38)34-15-7-4-6-14(30)10-15)24(16-8-5-9-19(31)25(16)32)26-21(35-29)13-22(36(26)39)17-12-23(40-2)18(11-20(17)33)27(37)41-3/h4-12,21-22,24,26,35,39H,13,33H2,1-3H3,(H,34,38)/t21-,22?,24-,26+,29+/m0/s1. The number of amides is 1. The number of nitrogen functional groups attached to an aromatic ring is 1. The number of methoxy groups -OCH3 is 2. The third kappa shape index (κ3) is 5.00. The van der Waals surface area contributed by atoms with Gasteiger partial charge in [0.15, 0.2) is 0 Å². The molecule has 0 aromatic heterocycles. The number of carbonyl (C=O) groups is 2. The van der Waals surface area contributed by atoms with E-state index in [9.17, 15) is 14.8 Å². The fourth-order valence-electron chi connectivity index (χ4n) is 6.12. The van der Waals surface area contributed by atoms with Crippen molar-refractivity contribution in [2.45, 2.75) is 42.9 Å². The molecule has 5 N–H and O–H groups in total. The molecule has 216 valence electrons. The van der Waals surface area contributed by atoms with Crippen molar-refractivity contribution in [3.05, 3.63) is 87.2 Å². The highest BCUT2D eigenvalue weighted by molar-refractivity contribution is 6.31. The van der Waals surface area contributed by atoms with Gasteiger partial charge in [0.1, 0.15) is 22.7 Å². The summed E-state index contributed by atoms with van der Waals surface area (Å²) in [7, 11) is 2.66. The molecule has 2 fully saturated rings. The summed E-state index contributed by atoms with van der Waals surface area (Å²) in [5, 5.41) is 19.3. The number of nitrogens with zero attached hydrogens (tertiary/aromatic N) is 1. The van der Waals surface area contributed by atoms with E-state index in [1.165, 1.54) is 26.4 Å². The predicted molar refractivity (Wildman–Crippen MR) is 153 cm³/mol. The van der Waals surface area contributed by atoms with Crippen LogP contribution in [0.1, 0.15) is 46.8 Å². The molecule has 0 radical (unpaired) electrons. The minimum atomic E-state index is -1.37. The van der Waals surface area contributed by atoms with Gasteiger partial charge in [0.2, 0.25) is 5.91 Å². The van der Waals surface area contributed by atoms with E-state index in [0.29, 0.717) is 22.7 Å². The van der Waals surface area contributed by atoms with Crippen LogP contribution in [0.15, 0.2) is 54.6 Å². The number of hydrogen-bond acceptors (Lipinski definition) is 8. The van der Waals surface area contributed by atoms with Crippen LogP contribution in [0.3, 0.4) is 0 Å². The van der Waals surface area contributed by atoms with Gasteiger partial charge in [-0.1, -0.05) is 41.4 Å². The number of benzene rings is 3. The van der Waals surface area contributed by atoms with Crippen LogP contribution in [0, 0.1) is 5.82 Å². The molecule has 2 aliphatic rings. The molecule has 0 spiro atoms. The zero-order valence-corrected chi connectivity index (χ0v) is 24.0. The van der Waals surface area contributed by atoms with E-state index in [2.05, 4.69) is 10.6 Å². The number of nitrogens with two attached hydrogens (primary N) is 1. The van der Waals surface area contributed by atoms with E-state index in [4.69, 9.17) is 38.4 Å². The summed E-state index contributed by atoms with van der Waals surface area (Å²) >= 11 is 12.3. The summed E-state index contributed by atoms with van der Waals surface area (Å²) < 4.78 is 25.8. The number of fused-ring (bicyclic) bond motifs is 1. The van der Waals surface area contributed by atoms with Crippen molar-refractivity contribution in [3.8, 4) is 5.75 Å². The number of rotatable bonds is 6. The first kappa shape index (κ1) is 29.1. The maximum absolute atomic E-state index is 15.6. The second-order valence-electron chi connectivity index (χ2n) is 10.3. The molecule has 41 heavy (non-hydrogen) atoms. The molecular formula is C29H29Cl2FN4O5. The zero-order valence-electron chi connectivity index (χ0n) is 22.5. The summed E-state index contributed by atoms with van der Waals surface area (Å²) in [5.74, 6) is -2.39. The molecule has 12 heteroatoms. The molecule has 2 saturated heterocycles. The third-order valence-corrected chi connectivity index (χ3v) is 8.53. The summed E-state index contributed by atoms with van der Waals surface area (Å²) in [5.41, 5.74) is 6.50. The second kappa shape index (κ2) is 11.1. The fourth-order valence-corrected chi connectivity index (χ4v) is 6.50. The summed E-state index contributed by atoms with van der Waals surface area (Å²) in [6, 6.07) is 12.4. The molecule has 2 heterocycles. The van der Waals surface area contributed by atoms with Crippen LogP contribution in [0.25, 0.3) is 0 Å². The number of carbonyl (C=O) groups excluding carboxylic acids is 2. The van der Waals surface area contributed by atoms with Gasteiger partial charge in [0, 0.05) is 28.4 Å². The lowest BCUT2D eigenvalue weighted by Gasteiger charge is -2.36. The van der Waals surface area contributed by atoms with Crippen LogP contribution >= 0.6 is 23.2 Å². The molecule has 5 rings (SSSR count). The minimum Gasteiger partial charge on any atom is -0.496 e. The molecule has 9 nitrogen and oxygen atoms in total. The van der Waals surface area contributed by atoms with Crippen molar-refractivity contribution in [2.24, 2.45) is 0 Å². The number of nitrogens with one attached hydrogen (secondary N) is 2. The van der Waals surface area contributed by atoms with Gasteiger partial charge in [-0.15, -0.1) is 0 Å². The lowest BCUT2D eigenvalue weighted by molar-refractivity contribution is -0.143. The van der Waals surface area contributed by atoms with Gasteiger partial charge >= 0.3 is 5.97 Å². The van der Waals surface area contributed by atoms with Gasteiger partial charge < -0.3 is 25.7 Å². The maximum Gasteiger partial charge on any atom is 0.341 e. The van der Waals surface area contributed by atoms with Gasteiger partial charge in [0.25, 0.3) is 0 Å². The number of hydroxylamine groups is 2. The molecule has 0 bridgehead atoms. The van der Waals surface area contributed by atoms with E-state index in [1.54, 1.807) is 49.4 Å². The van der Waals surface area contributed by atoms with Crippen LogP contribution in [0.2, 0.25) is 10.0 Å². The Labute approximate surface area is 246 Å². The van der Waals surface area contributed by atoms with Crippen molar-refractivity contribution in [2.75, 3.05) is 25.3 Å². The molecule has 1 amide bonds. The summed E-state index contributed by atoms with van der Waals surface area (Å²) in [6.45, 7) is 1.67. The maximum atomic E-state index is 15.6.